The predicted molar refractivity (Wildman–Crippen MR) is 70.1 cm³/mol. The number of methoxy groups -OCH3 is 1. The second kappa shape index (κ2) is 6.15. The minimum atomic E-state index is 0.303. The van der Waals surface area contributed by atoms with Crippen LogP contribution in [0.1, 0.15) is 18.0 Å². The van der Waals surface area contributed by atoms with Crippen LogP contribution in [0.4, 0.5) is 0 Å². The third kappa shape index (κ3) is 3.53. The van der Waals surface area contributed by atoms with Gasteiger partial charge in [-0.1, -0.05) is 30.3 Å². The van der Waals surface area contributed by atoms with Gasteiger partial charge in [0.2, 0.25) is 0 Å². The average molecular weight is 234 g/mol. The van der Waals surface area contributed by atoms with Crippen molar-refractivity contribution in [3.05, 3.63) is 35.9 Å². The quantitative estimate of drug-likeness (QED) is 0.838. The van der Waals surface area contributed by atoms with E-state index in [1.165, 1.54) is 18.5 Å². The monoisotopic (exact) mass is 234 g/mol. The van der Waals surface area contributed by atoms with E-state index in [2.05, 4.69) is 47.6 Å². The zero-order valence-corrected chi connectivity index (χ0v) is 10.7. The Labute approximate surface area is 104 Å². The first kappa shape index (κ1) is 12.6. The van der Waals surface area contributed by atoms with E-state index in [-0.39, 0.29) is 0 Å². The fourth-order valence-electron chi connectivity index (χ4n) is 2.45. The predicted octanol–water partition coefficient (Wildman–Crippen LogP) is 1.67. The summed E-state index contributed by atoms with van der Waals surface area (Å²) in [7, 11) is 3.94. The zero-order valence-electron chi connectivity index (χ0n) is 10.7. The number of rotatable bonds is 5. The lowest BCUT2D eigenvalue weighted by molar-refractivity contribution is 0.161. The van der Waals surface area contributed by atoms with Crippen molar-refractivity contribution in [2.75, 3.05) is 33.9 Å². The SMILES string of the molecule is COCC(NC1CCN(C)C1)c1ccccc1. The Morgan fingerprint density at radius 2 is 2.18 bits per heavy atom. The molecule has 1 N–H and O–H groups in total. The van der Waals surface area contributed by atoms with Gasteiger partial charge in [-0.25, -0.2) is 0 Å². The Morgan fingerprint density at radius 3 is 2.76 bits per heavy atom. The van der Waals surface area contributed by atoms with Crippen molar-refractivity contribution >= 4 is 0 Å². The molecule has 3 nitrogen and oxygen atoms in total. The minimum Gasteiger partial charge on any atom is -0.383 e. The molecule has 3 heteroatoms. The highest BCUT2D eigenvalue weighted by Crippen LogP contribution is 2.16. The van der Waals surface area contributed by atoms with Gasteiger partial charge in [0.1, 0.15) is 0 Å². The van der Waals surface area contributed by atoms with E-state index in [0.29, 0.717) is 12.1 Å². The summed E-state index contributed by atoms with van der Waals surface area (Å²) in [5.41, 5.74) is 1.31. The Bertz CT molecular complexity index is 328. The summed E-state index contributed by atoms with van der Waals surface area (Å²) in [6.45, 7) is 3.05. The van der Waals surface area contributed by atoms with Crippen molar-refractivity contribution in [2.45, 2.75) is 18.5 Å². The van der Waals surface area contributed by atoms with E-state index < -0.39 is 0 Å². The lowest BCUT2D eigenvalue weighted by atomic mass is 10.1. The highest BCUT2D eigenvalue weighted by Gasteiger charge is 2.22. The number of hydrogen-bond donors (Lipinski definition) is 1. The van der Waals surface area contributed by atoms with Crippen molar-refractivity contribution in [1.29, 1.82) is 0 Å². The smallest absolute Gasteiger partial charge is 0.0657 e. The average Bonchev–Trinajstić information content (AvgIpc) is 2.75. The van der Waals surface area contributed by atoms with Crippen molar-refractivity contribution in [3.63, 3.8) is 0 Å². The molecule has 1 aromatic rings. The van der Waals surface area contributed by atoms with E-state index in [0.717, 1.165) is 13.2 Å². The Kier molecular flexibility index (Phi) is 4.54. The van der Waals surface area contributed by atoms with Gasteiger partial charge in [0.05, 0.1) is 12.6 Å². The largest absolute Gasteiger partial charge is 0.383 e. The van der Waals surface area contributed by atoms with Gasteiger partial charge >= 0.3 is 0 Å². The van der Waals surface area contributed by atoms with E-state index in [9.17, 15) is 0 Å². The van der Waals surface area contributed by atoms with E-state index in [4.69, 9.17) is 4.74 Å². The van der Waals surface area contributed by atoms with Crippen molar-refractivity contribution in [1.82, 2.24) is 10.2 Å². The summed E-state index contributed by atoms with van der Waals surface area (Å²) in [6, 6.07) is 11.4. The zero-order chi connectivity index (χ0) is 12.1. The molecule has 2 unspecified atom stereocenters. The molecule has 0 spiro atoms. The molecule has 1 aliphatic rings. The molecular formula is C14H22N2O. The van der Waals surface area contributed by atoms with Crippen LogP contribution in [0.25, 0.3) is 0 Å². The van der Waals surface area contributed by atoms with Crippen LogP contribution < -0.4 is 5.32 Å². The number of hydrogen-bond acceptors (Lipinski definition) is 3. The molecule has 0 radical (unpaired) electrons. The maximum absolute atomic E-state index is 5.32. The van der Waals surface area contributed by atoms with Gasteiger partial charge in [-0.2, -0.15) is 0 Å². The molecule has 17 heavy (non-hydrogen) atoms. The van der Waals surface area contributed by atoms with Crippen molar-refractivity contribution in [3.8, 4) is 0 Å². The molecular weight excluding hydrogens is 212 g/mol. The first-order valence-corrected chi connectivity index (χ1v) is 6.28. The van der Waals surface area contributed by atoms with Gasteiger partial charge in [-0.05, 0) is 25.6 Å². The fraction of sp³-hybridized carbons (Fsp3) is 0.571. The number of likely N-dealkylation sites (tertiary alicyclic amines) is 1. The van der Waals surface area contributed by atoms with Crippen LogP contribution in [-0.4, -0.2) is 44.8 Å². The summed E-state index contributed by atoms with van der Waals surface area (Å²) >= 11 is 0. The van der Waals surface area contributed by atoms with Gasteiger partial charge in [0.25, 0.3) is 0 Å². The third-order valence-corrected chi connectivity index (χ3v) is 3.36. The summed E-state index contributed by atoms with van der Waals surface area (Å²) in [6.07, 6.45) is 1.23. The highest BCUT2D eigenvalue weighted by atomic mass is 16.5. The van der Waals surface area contributed by atoms with Crippen LogP contribution in [-0.2, 0) is 4.74 Å². The number of benzene rings is 1. The third-order valence-electron chi connectivity index (χ3n) is 3.36. The second-order valence-corrected chi connectivity index (χ2v) is 4.83. The number of likely N-dealkylation sites (N-methyl/N-ethyl adjacent to an activating group) is 1. The maximum Gasteiger partial charge on any atom is 0.0657 e. The summed E-state index contributed by atoms with van der Waals surface area (Å²) in [5, 5.41) is 3.70. The molecule has 1 saturated heterocycles. The first-order valence-electron chi connectivity index (χ1n) is 6.28. The van der Waals surface area contributed by atoms with Gasteiger partial charge in [0, 0.05) is 19.7 Å². The topological polar surface area (TPSA) is 24.5 Å². The standard InChI is InChI=1S/C14H22N2O/c1-16-9-8-13(10-16)15-14(11-17-2)12-6-4-3-5-7-12/h3-7,13-15H,8-11H2,1-2H3. The van der Waals surface area contributed by atoms with Crippen LogP contribution in [0, 0.1) is 0 Å². The van der Waals surface area contributed by atoms with Gasteiger partial charge in [0.15, 0.2) is 0 Å². The number of nitrogens with one attached hydrogen (secondary N) is 1. The van der Waals surface area contributed by atoms with Crippen LogP contribution >= 0.6 is 0 Å². The lowest BCUT2D eigenvalue weighted by Gasteiger charge is -2.22. The summed E-state index contributed by atoms with van der Waals surface area (Å²) < 4.78 is 5.32. The number of ether oxygens (including phenoxy) is 1. The Morgan fingerprint density at radius 1 is 1.41 bits per heavy atom. The van der Waals surface area contributed by atoms with Crippen LogP contribution in [0.2, 0.25) is 0 Å². The summed E-state index contributed by atoms with van der Waals surface area (Å²) in [4.78, 5) is 2.37. The molecule has 2 atom stereocenters. The molecule has 0 saturated carbocycles. The molecule has 2 rings (SSSR count). The van der Waals surface area contributed by atoms with Crippen molar-refractivity contribution < 1.29 is 4.74 Å². The molecule has 94 valence electrons. The lowest BCUT2D eigenvalue weighted by Crippen LogP contribution is -2.36. The van der Waals surface area contributed by atoms with Crippen molar-refractivity contribution in [2.24, 2.45) is 0 Å². The van der Waals surface area contributed by atoms with Crippen LogP contribution in [0.3, 0.4) is 0 Å². The Hall–Kier alpha value is -0.900. The van der Waals surface area contributed by atoms with E-state index in [1.807, 2.05) is 0 Å². The molecule has 1 fully saturated rings. The van der Waals surface area contributed by atoms with Crippen LogP contribution in [0.5, 0.6) is 0 Å². The molecule has 0 amide bonds. The van der Waals surface area contributed by atoms with Gasteiger partial charge in [-0.15, -0.1) is 0 Å². The molecule has 1 aromatic carbocycles. The molecule has 1 heterocycles. The Balaban J connectivity index is 1.98. The molecule has 0 aromatic heterocycles. The van der Waals surface area contributed by atoms with Gasteiger partial charge < -0.3 is 15.0 Å². The fourth-order valence-corrected chi connectivity index (χ4v) is 2.45. The van der Waals surface area contributed by atoms with Crippen LogP contribution in [0.15, 0.2) is 30.3 Å². The van der Waals surface area contributed by atoms with Gasteiger partial charge in [-0.3, -0.25) is 0 Å². The number of nitrogens with zero attached hydrogens (tertiary/aromatic N) is 1. The second-order valence-electron chi connectivity index (χ2n) is 4.83. The van der Waals surface area contributed by atoms with E-state index >= 15 is 0 Å². The maximum atomic E-state index is 5.32. The first-order chi connectivity index (χ1) is 8.29. The molecule has 0 bridgehead atoms. The minimum absolute atomic E-state index is 0.303. The van der Waals surface area contributed by atoms with E-state index in [1.54, 1.807) is 7.11 Å². The normalized spacial score (nSPS) is 22.8. The molecule has 1 aliphatic heterocycles. The molecule has 0 aliphatic carbocycles. The highest BCUT2D eigenvalue weighted by molar-refractivity contribution is 5.19. The summed E-state index contributed by atoms with van der Waals surface area (Å²) in [5.74, 6) is 0.